The predicted octanol–water partition coefficient (Wildman–Crippen LogP) is 4.17. The summed E-state index contributed by atoms with van der Waals surface area (Å²) in [4.78, 5) is 4.30. The third-order valence-corrected chi connectivity index (χ3v) is 4.27. The first-order valence-corrected chi connectivity index (χ1v) is 8.17. The van der Waals surface area contributed by atoms with Crippen LogP contribution < -0.4 is 0 Å². The molecule has 0 aromatic carbocycles. The molecule has 1 aromatic heterocycles. The zero-order chi connectivity index (χ0) is 12.3. The van der Waals surface area contributed by atoms with Crippen LogP contribution in [0.3, 0.4) is 0 Å². The smallest absolute Gasteiger partial charge is 0.167 e. The normalized spacial score (nSPS) is 10.9. The maximum absolute atomic E-state index is 4.30. The van der Waals surface area contributed by atoms with Gasteiger partial charge in [-0.3, -0.25) is 0 Å². The number of thioether (sulfide) groups is 1. The first-order valence-electron chi connectivity index (χ1n) is 6.55. The molecular formula is C13H24N2S2. The van der Waals surface area contributed by atoms with Gasteiger partial charge in [0.15, 0.2) is 5.16 Å². The van der Waals surface area contributed by atoms with Crippen LogP contribution in [-0.4, -0.2) is 21.1 Å². The molecule has 0 bridgehead atoms. The van der Waals surface area contributed by atoms with Gasteiger partial charge < -0.3 is 4.57 Å². The van der Waals surface area contributed by atoms with Crippen LogP contribution in [0.25, 0.3) is 0 Å². The SMILES string of the molecule is Cn1ccnc1SCCCCCCCCCS. The molecule has 0 fully saturated rings. The lowest BCUT2D eigenvalue weighted by molar-refractivity contribution is 0.605. The number of nitrogens with zero attached hydrogens (tertiary/aromatic N) is 2. The van der Waals surface area contributed by atoms with Gasteiger partial charge in [-0.25, -0.2) is 4.98 Å². The molecule has 0 unspecified atom stereocenters. The van der Waals surface area contributed by atoms with Crippen molar-refractivity contribution in [3.05, 3.63) is 12.4 Å². The van der Waals surface area contributed by atoms with Gasteiger partial charge in [0, 0.05) is 25.2 Å². The van der Waals surface area contributed by atoms with E-state index in [1.165, 1.54) is 50.7 Å². The highest BCUT2D eigenvalue weighted by Gasteiger charge is 1.99. The van der Waals surface area contributed by atoms with E-state index >= 15 is 0 Å². The molecule has 0 radical (unpaired) electrons. The fourth-order valence-electron chi connectivity index (χ4n) is 1.75. The van der Waals surface area contributed by atoms with Gasteiger partial charge in [0.05, 0.1) is 0 Å². The zero-order valence-electron chi connectivity index (χ0n) is 10.8. The summed E-state index contributed by atoms with van der Waals surface area (Å²) in [5, 5.41) is 1.14. The minimum atomic E-state index is 1.04. The highest BCUT2D eigenvalue weighted by atomic mass is 32.2. The van der Waals surface area contributed by atoms with Gasteiger partial charge in [-0.1, -0.05) is 43.9 Å². The fraction of sp³-hybridized carbons (Fsp3) is 0.769. The van der Waals surface area contributed by atoms with Crippen molar-refractivity contribution in [2.75, 3.05) is 11.5 Å². The Kier molecular flexibility index (Phi) is 8.71. The lowest BCUT2D eigenvalue weighted by atomic mass is 10.1. The third kappa shape index (κ3) is 7.04. The van der Waals surface area contributed by atoms with E-state index in [9.17, 15) is 0 Å². The summed E-state index contributed by atoms with van der Waals surface area (Å²) in [6, 6.07) is 0. The van der Waals surface area contributed by atoms with Crippen molar-refractivity contribution in [3.63, 3.8) is 0 Å². The molecule has 1 aromatic rings. The molecule has 0 aliphatic carbocycles. The lowest BCUT2D eigenvalue weighted by Crippen LogP contribution is -1.90. The Balaban J connectivity index is 1.86. The van der Waals surface area contributed by atoms with Crippen molar-refractivity contribution in [3.8, 4) is 0 Å². The first kappa shape index (κ1) is 15.0. The Morgan fingerprint density at radius 2 is 1.76 bits per heavy atom. The molecule has 0 saturated heterocycles. The number of imidazole rings is 1. The quantitative estimate of drug-likeness (QED) is 0.391. The van der Waals surface area contributed by atoms with E-state index in [2.05, 4.69) is 29.2 Å². The summed E-state index contributed by atoms with van der Waals surface area (Å²) >= 11 is 6.09. The Morgan fingerprint density at radius 3 is 2.35 bits per heavy atom. The van der Waals surface area contributed by atoms with Crippen molar-refractivity contribution in [1.82, 2.24) is 9.55 Å². The van der Waals surface area contributed by atoms with Crippen LogP contribution in [0.2, 0.25) is 0 Å². The molecule has 17 heavy (non-hydrogen) atoms. The Hall–Kier alpha value is -0.0900. The van der Waals surface area contributed by atoms with E-state index in [0.29, 0.717) is 0 Å². The predicted molar refractivity (Wildman–Crippen MR) is 80.1 cm³/mol. The maximum atomic E-state index is 4.30. The average molecular weight is 272 g/mol. The van der Waals surface area contributed by atoms with E-state index in [-0.39, 0.29) is 0 Å². The van der Waals surface area contributed by atoms with Crippen LogP contribution in [0.15, 0.2) is 17.6 Å². The van der Waals surface area contributed by atoms with Crippen molar-refractivity contribution in [2.24, 2.45) is 7.05 Å². The molecule has 0 aliphatic rings. The van der Waals surface area contributed by atoms with Crippen molar-refractivity contribution >= 4 is 24.4 Å². The Morgan fingerprint density at radius 1 is 1.12 bits per heavy atom. The van der Waals surface area contributed by atoms with Crippen LogP contribution in [0.5, 0.6) is 0 Å². The fourth-order valence-corrected chi connectivity index (χ4v) is 2.91. The molecule has 1 heterocycles. The topological polar surface area (TPSA) is 17.8 Å². The molecule has 4 heteroatoms. The molecule has 1 rings (SSSR count). The Labute approximate surface area is 115 Å². The molecule has 0 aliphatic heterocycles. The van der Waals surface area contributed by atoms with E-state index in [4.69, 9.17) is 0 Å². The maximum Gasteiger partial charge on any atom is 0.167 e. The summed E-state index contributed by atoms with van der Waals surface area (Å²) in [6.45, 7) is 0. The molecule has 2 nitrogen and oxygen atoms in total. The molecular weight excluding hydrogens is 248 g/mol. The number of hydrogen-bond donors (Lipinski definition) is 1. The summed E-state index contributed by atoms with van der Waals surface area (Å²) in [6.07, 6.45) is 13.3. The number of hydrogen-bond acceptors (Lipinski definition) is 3. The van der Waals surface area contributed by atoms with E-state index in [0.717, 1.165) is 10.9 Å². The lowest BCUT2D eigenvalue weighted by Gasteiger charge is -2.02. The second-order valence-electron chi connectivity index (χ2n) is 4.37. The van der Waals surface area contributed by atoms with Crippen LogP contribution >= 0.6 is 24.4 Å². The second-order valence-corrected chi connectivity index (χ2v) is 5.88. The van der Waals surface area contributed by atoms with E-state index in [1.54, 1.807) is 0 Å². The number of thiol groups is 1. The van der Waals surface area contributed by atoms with Crippen LogP contribution in [0, 0.1) is 0 Å². The third-order valence-electron chi connectivity index (χ3n) is 2.81. The van der Waals surface area contributed by atoms with Crippen molar-refractivity contribution in [2.45, 2.75) is 50.1 Å². The van der Waals surface area contributed by atoms with Gasteiger partial charge in [-0.05, 0) is 18.6 Å². The van der Waals surface area contributed by atoms with Gasteiger partial charge >= 0.3 is 0 Å². The van der Waals surface area contributed by atoms with E-state index in [1.807, 2.05) is 24.2 Å². The summed E-state index contributed by atoms with van der Waals surface area (Å²) in [5.41, 5.74) is 0. The monoisotopic (exact) mass is 272 g/mol. The van der Waals surface area contributed by atoms with Crippen molar-refractivity contribution < 1.29 is 0 Å². The zero-order valence-corrected chi connectivity index (χ0v) is 12.5. The largest absolute Gasteiger partial charge is 0.329 e. The van der Waals surface area contributed by atoms with Gasteiger partial charge in [0.1, 0.15) is 0 Å². The standard InChI is InChI=1S/C13H24N2S2/c1-15-10-9-14-13(15)17-12-8-6-4-2-3-5-7-11-16/h9-10,16H,2-8,11-12H2,1H3. The summed E-state index contributed by atoms with van der Waals surface area (Å²) in [5.74, 6) is 2.24. The Bertz CT molecular complexity index is 287. The highest BCUT2D eigenvalue weighted by molar-refractivity contribution is 7.99. The molecule has 98 valence electrons. The summed E-state index contributed by atoms with van der Waals surface area (Å²) in [7, 11) is 2.05. The second kappa shape index (κ2) is 9.89. The molecule has 0 spiro atoms. The van der Waals surface area contributed by atoms with Crippen LogP contribution in [0.1, 0.15) is 44.9 Å². The van der Waals surface area contributed by atoms with Crippen LogP contribution in [-0.2, 0) is 7.05 Å². The minimum absolute atomic E-state index is 1.04. The first-order chi connectivity index (χ1) is 8.34. The van der Waals surface area contributed by atoms with Crippen molar-refractivity contribution in [1.29, 1.82) is 0 Å². The minimum Gasteiger partial charge on any atom is -0.329 e. The summed E-state index contributed by atoms with van der Waals surface area (Å²) < 4.78 is 2.09. The molecule has 0 N–H and O–H groups in total. The number of rotatable bonds is 10. The van der Waals surface area contributed by atoms with Gasteiger partial charge in [0.25, 0.3) is 0 Å². The average Bonchev–Trinajstić information content (AvgIpc) is 2.73. The number of aromatic nitrogens is 2. The van der Waals surface area contributed by atoms with Gasteiger partial charge in [0.2, 0.25) is 0 Å². The van der Waals surface area contributed by atoms with Gasteiger partial charge in [-0.2, -0.15) is 12.6 Å². The number of aryl methyl sites for hydroxylation is 1. The van der Waals surface area contributed by atoms with E-state index < -0.39 is 0 Å². The molecule has 0 atom stereocenters. The van der Waals surface area contributed by atoms with Crippen LogP contribution in [0.4, 0.5) is 0 Å². The molecule has 0 amide bonds. The highest BCUT2D eigenvalue weighted by Crippen LogP contribution is 2.17. The number of unbranched alkanes of at least 4 members (excludes halogenated alkanes) is 6. The molecule has 0 saturated carbocycles. The van der Waals surface area contributed by atoms with Gasteiger partial charge in [-0.15, -0.1) is 0 Å².